The zero-order valence-corrected chi connectivity index (χ0v) is 12.8. The second kappa shape index (κ2) is 7.10. The van der Waals surface area contributed by atoms with Gasteiger partial charge in [0.2, 0.25) is 0 Å². The van der Waals surface area contributed by atoms with Gasteiger partial charge in [0, 0.05) is 18.3 Å². The molecule has 1 aromatic heterocycles. The average Bonchev–Trinajstić information content (AvgIpc) is 2.63. The van der Waals surface area contributed by atoms with Gasteiger partial charge >= 0.3 is 5.97 Å². The summed E-state index contributed by atoms with van der Waals surface area (Å²) in [6.07, 6.45) is 2.27. The van der Waals surface area contributed by atoms with Crippen LogP contribution in [0.3, 0.4) is 0 Å². The van der Waals surface area contributed by atoms with E-state index in [-0.39, 0.29) is 19.1 Å². The smallest absolute Gasteiger partial charge is 0.334 e. The Balaban J connectivity index is 1.66. The second-order valence-corrected chi connectivity index (χ2v) is 5.26. The van der Waals surface area contributed by atoms with E-state index in [0.29, 0.717) is 23.6 Å². The van der Waals surface area contributed by atoms with Crippen LogP contribution >= 0.6 is 0 Å². The van der Waals surface area contributed by atoms with Gasteiger partial charge in [-0.1, -0.05) is 0 Å². The van der Waals surface area contributed by atoms with E-state index in [9.17, 15) is 9.59 Å². The van der Waals surface area contributed by atoms with Gasteiger partial charge in [-0.2, -0.15) is 0 Å². The summed E-state index contributed by atoms with van der Waals surface area (Å²) in [5.74, 6) is -0.0933. The normalized spacial score (nSPS) is 17.3. The Morgan fingerprint density at radius 2 is 2.00 bits per heavy atom. The molecule has 24 heavy (non-hydrogen) atoms. The zero-order valence-electron chi connectivity index (χ0n) is 12.8. The highest BCUT2D eigenvalue weighted by Gasteiger charge is 2.29. The number of benzene rings is 1. The van der Waals surface area contributed by atoms with Crippen molar-refractivity contribution in [3.8, 4) is 11.5 Å². The summed E-state index contributed by atoms with van der Waals surface area (Å²) in [5, 5.41) is 9.00. The molecule has 7 heteroatoms. The number of aromatic nitrogens is 1. The van der Waals surface area contributed by atoms with Gasteiger partial charge in [0.25, 0.3) is 5.91 Å². The monoisotopic (exact) mass is 328 g/mol. The molecule has 1 atom stereocenters. The van der Waals surface area contributed by atoms with E-state index in [2.05, 4.69) is 4.98 Å². The highest BCUT2D eigenvalue weighted by atomic mass is 16.5. The van der Waals surface area contributed by atoms with Crippen LogP contribution in [0, 0.1) is 0 Å². The van der Waals surface area contributed by atoms with Gasteiger partial charge in [-0.3, -0.25) is 9.78 Å². The lowest BCUT2D eigenvalue weighted by Gasteiger charge is -2.30. The lowest BCUT2D eigenvalue weighted by molar-refractivity contribution is -0.154. The van der Waals surface area contributed by atoms with Gasteiger partial charge < -0.3 is 19.5 Å². The molecule has 7 nitrogen and oxygen atoms in total. The Hall–Kier alpha value is -2.93. The number of ether oxygens (including phenoxy) is 2. The first-order chi connectivity index (χ1) is 11.6. The Morgan fingerprint density at radius 1 is 1.21 bits per heavy atom. The van der Waals surface area contributed by atoms with E-state index < -0.39 is 12.1 Å². The van der Waals surface area contributed by atoms with Crippen molar-refractivity contribution >= 4 is 11.9 Å². The van der Waals surface area contributed by atoms with Crippen LogP contribution in [0.5, 0.6) is 11.5 Å². The van der Waals surface area contributed by atoms with E-state index in [1.807, 2.05) is 0 Å². The molecule has 124 valence electrons. The van der Waals surface area contributed by atoms with E-state index in [1.165, 1.54) is 4.90 Å². The molecule has 0 unspecified atom stereocenters. The van der Waals surface area contributed by atoms with Crippen LogP contribution in [0.15, 0.2) is 48.8 Å². The number of hydrogen-bond acceptors (Lipinski definition) is 5. The highest BCUT2D eigenvalue weighted by Crippen LogP contribution is 2.21. The first kappa shape index (κ1) is 15.9. The molecule has 0 aliphatic carbocycles. The van der Waals surface area contributed by atoms with E-state index in [1.54, 1.807) is 48.8 Å². The third kappa shape index (κ3) is 3.69. The Bertz CT molecular complexity index is 718. The van der Waals surface area contributed by atoms with Gasteiger partial charge in [-0.25, -0.2) is 4.79 Å². The van der Waals surface area contributed by atoms with Crippen LogP contribution in [0.25, 0.3) is 0 Å². The summed E-state index contributed by atoms with van der Waals surface area (Å²) in [4.78, 5) is 28.9. The number of carbonyl (C=O) groups is 2. The molecular formula is C17H16N2O5. The maximum atomic E-state index is 12.5. The molecule has 0 radical (unpaired) electrons. The van der Waals surface area contributed by atoms with Gasteiger partial charge in [-0.05, 0) is 36.4 Å². The summed E-state index contributed by atoms with van der Waals surface area (Å²) in [6.45, 7) is 0.629. The second-order valence-electron chi connectivity index (χ2n) is 5.26. The summed E-state index contributed by atoms with van der Waals surface area (Å²) in [6, 6.07) is 10.2. The van der Waals surface area contributed by atoms with Crippen molar-refractivity contribution in [3.05, 3.63) is 54.4 Å². The topological polar surface area (TPSA) is 89.0 Å². The van der Waals surface area contributed by atoms with Crippen LogP contribution in [0.1, 0.15) is 10.4 Å². The summed E-state index contributed by atoms with van der Waals surface area (Å²) in [7, 11) is 0. The standard InChI is InChI=1S/C17H16N2O5/c20-16(19-8-9-23-15(11-19)17(21)22)12-3-5-13(6-4-12)24-14-2-1-7-18-10-14/h1-7,10,15H,8-9,11H2,(H,21,22)/t15-/m0/s1. The fraction of sp³-hybridized carbons (Fsp3) is 0.235. The summed E-state index contributed by atoms with van der Waals surface area (Å²) < 4.78 is 10.7. The quantitative estimate of drug-likeness (QED) is 0.920. The maximum absolute atomic E-state index is 12.5. The molecule has 1 fully saturated rings. The van der Waals surface area contributed by atoms with Crippen LogP contribution in [-0.2, 0) is 9.53 Å². The van der Waals surface area contributed by atoms with Gasteiger partial charge in [0.15, 0.2) is 6.10 Å². The fourth-order valence-corrected chi connectivity index (χ4v) is 2.37. The summed E-state index contributed by atoms with van der Waals surface area (Å²) >= 11 is 0. The van der Waals surface area contributed by atoms with E-state index >= 15 is 0 Å². The molecule has 1 aliphatic heterocycles. The molecule has 1 aliphatic rings. The number of amides is 1. The predicted octanol–water partition coefficient (Wildman–Crippen LogP) is 1.80. The molecule has 1 amide bonds. The van der Waals surface area contributed by atoms with E-state index in [4.69, 9.17) is 14.6 Å². The predicted molar refractivity (Wildman–Crippen MR) is 84.0 cm³/mol. The van der Waals surface area contributed by atoms with Gasteiger partial charge in [0.1, 0.15) is 11.5 Å². The molecule has 2 aromatic rings. The number of morpholine rings is 1. The van der Waals surface area contributed by atoms with Gasteiger partial charge in [-0.15, -0.1) is 0 Å². The lowest BCUT2D eigenvalue weighted by Crippen LogP contribution is -2.48. The number of hydrogen-bond donors (Lipinski definition) is 1. The minimum atomic E-state index is -1.06. The van der Waals surface area contributed by atoms with E-state index in [0.717, 1.165) is 0 Å². The highest BCUT2D eigenvalue weighted by molar-refractivity contribution is 5.94. The molecule has 0 spiro atoms. The van der Waals surface area contributed by atoms with Crippen molar-refractivity contribution in [2.45, 2.75) is 6.10 Å². The van der Waals surface area contributed by atoms with Crippen LogP contribution < -0.4 is 4.74 Å². The Kier molecular flexibility index (Phi) is 4.72. The minimum absolute atomic E-state index is 0.0438. The molecular weight excluding hydrogens is 312 g/mol. The molecule has 0 saturated carbocycles. The van der Waals surface area contributed by atoms with Crippen LogP contribution in [0.2, 0.25) is 0 Å². The van der Waals surface area contributed by atoms with Crippen molar-refractivity contribution in [1.29, 1.82) is 0 Å². The molecule has 1 aromatic carbocycles. The molecule has 1 N–H and O–H groups in total. The largest absolute Gasteiger partial charge is 0.479 e. The Morgan fingerprint density at radius 3 is 2.67 bits per heavy atom. The molecule has 1 saturated heterocycles. The zero-order chi connectivity index (χ0) is 16.9. The SMILES string of the molecule is O=C(O)[C@@H]1CN(C(=O)c2ccc(Oc3cccnc3)cc2)CCO1. The van der Waals surface area contributed by atoms with Crippen molar-refractivity contribution in [1.82, 2.24) is 9.88 Å². The lowest BCUT2D eigenvalue weighted by atomic mass is 10.1. The number of aliphatic carboxylic acids is 1. The number of nitrogens with zero attached hydrogens (tertiary/aromatic N) is 2. The maximum Gasteiger partial charge on any atom is 0.334 e. The minimum Gasteiger partial charge on any atom is -0.479 e. The molecule has 0 bridgehead atoms. The number of carboxylic acid groups (broad SMARTS) is 1. The Labute approximate surface area is 138 Å². The van der Waals surface area contributed by atoms with Crippen molar-refractivity contribution < 1.29 is 24.2 Å². The summed E-state index contributed by atoms with van der Waals surface area (Å²) in [5.41, 5.74) is 0.472. The van der Waals surface area contributed by atoms with Crippen molar-refractivity contribution in [2.75, 3.05) is 19.7 Å². The molecule has 3 rings (SSSR count). The fourth-order valence-electron chi connectivity index (χ4n) is 2.37. The third-order valence-electron chi connectivity index (χ3n) is 3.60. The first-order valence-corrected chi connectivity index (χ1v) is 7.45. The average molecular weight is 328 g/mol. The third-order valence-corrected chi connectivity index (χ3v) is 3.60. The van der Waals surface area contributed by atoms with Crippen molar-refractivity contribution in [3.63, 3.8) is 0 Å². The number of pyridine rings is 1. The number of rotatable bonds is 4. The van der Waals surface area contributed by atoms with Gasteiger partial charge in [0.05, 0.1) is 19.3 Å². The number of carbonyl (C=O) groups excluding carboxylic acids is 1. The van der Waals surface area contributed by atoms with Crippen LogP contribution in [0.4, 0.5) is 0 Å². The van der Waals surface area contributed by atoms with Crippen LogP contribution in [-0.4, -0.2) is 52.7 Å². The van der Waals surface area contributed by atoms with Crippen molar-refractivity contribution in [2.24, 2.45) is 0 Å². The number of carboxylic acids is 1. The first-order valence-electron chi connectivity index (χ1n) is 7.45. The molecule has 2 heterocycles.